The van der Waals surface area contributed by atoms with Gasteiger partial charge in [0.05, 0.1) is 0 Å². The van der Waals surface area contributed by atoms with Gasteiger partial charge in [-0.3, -0.25) is 0 Å². The van der Waals surface area contributed by atoms with Gasteiger partial charge in [-0.2, -0.15) is 0 Å². The van der Waals surface area contributed by atoms with E-state index in [4.69, 9.17) is 0 Å². The first-order chi connectivity index (χ1) is 8.24. The molecule has 0 bridgehead atoms. The minimum Gasteiger partial charge on any atom is -0.316 e. The van der Waals surface area contributed by atoms with Crippen molar-refractivity contribution in [3.05, 3.63) is 34.1 Å². The number of rotatable bonds is 1. The summed E-state index contributed by atoms with van der Waals surface area (Å²) in [4.78, 5) is 4.40. The first kappa shape index (κ1) is 11.4. The van der Waals surface area contributed by atoms with E-state index < -0.39 is 0 Å². The Morgan fingerprint density at radius 1 is 1.35 bits per heavy atom. The van der Waals surface area contributed by atoms with Crippen LogP contribution in [-0.2, 0) is 0 Å². The van der Waals surface area contributed by atoms with E-state index in [1.807, 2.05) is 6.20 Å². The summed E-state index contributed by atoms with van der Waals surface area (Å²) in [5.74, 6) is 1.70. The molecule has 2 atom stereocenters. The largest absolute Gasteiger partial charge is 0.316 e. The molecule has 2 heterocycles. The average molecular weight is 293 g/mol. The molecule has 0 radical (unpaired) electrons. The fraction of sp³-hybridized carbons (Fsp3) is 0.500. The number of aryl methyl sites for hydroxylation is 1. The minimum atomic E-state index is 0.832. The van der Waals surface area contributed by atoms with E-state index in [9.17, 15) is 0 Å². The van der Waals surface area contributed by atoms with Gasteiger partial charge in [-0.15, -0.1) is 0 Å². The second-order valence-corrected chi connectivity index (χ2v) is 5.93. The number of allylic oxidation sites excluding steroid dienone is 2. The first-order valence-corrected chi connectivity index (χ1v) is 7.05. The zero-order chi connectivity index (χ0) is 11.8. The monoisotopic (exact) mass is 292 g/mol. The molecule has 1 aliphatic carbocycles. The van der Waals surface area contributed by atoms with Crippen molar-refractivity contribution in [3.63, 3.8) is 0 Å². The number of hydrogen-bond acceptors (Lipinski definition) is 2. The molecule has 2 unspecified atom stereocenters. The van der Waals surface area contributed by atoms with Crippen LogP contribution >= 0.6 is 15.9 Å². The lowest BCUT2D eigenvalue weighted by molar-refractivity contribution is 0.418. The highest BCUT2D eigenvalue weighted by Crippen LogP contribution is 2.36. The second kappa shape index (κ2) is 4.54. The first-order valence-electron chi connectivity index (χ1n) is 6.26. The van der Waals surface area contributed by atoms with Crippen molar-refractivity contribution in [1.29, 1.82) is 0 Å². The van der Waals surface area contributed by atoms with Gasteiger partial charge in [0.25, 0.3) is 0 Å². The molecule has 3 rings (SSSR count). The van der Waals surface area contributed by atoms with Crippen molar-refractivity contribution < 1.29 is 0 Å². The smallest absolute Gasteiger partial charge is 0.109 e. The molecule has 90 valence electrons. The molecule has 1 aromatic rings. The van der Waals surface area contributed by atoms with Gasteiger partial charge in [0.15, 0.2) is 0 Å². The Labute approximate surface area is 111 Å². The molecule has 2 nitrogen and oxygen atoms in total. The fourth-order valence-electron chi connectivity index (χ4n) is 2.93. The van der Waals surface area contributed by atoms with E-state index in [0.717, 1.165) is 16.4 Å². The molecule has 1 N–H and O–H groups in total. The summed E-state index contributed by atoms with van der Waals surface area (Å²) < 4.78 is 0.957. The van der Waals surface area contributed by atoms with E-state index in [0.29, 0.717) is 0 Å². The lowest BCUT2D eigenvalue weighted by Crippen LogP contribution is -2.16. The molecule has 1 saturated heterocycles. The standard InChI is InChI=1S/C14H17BrN2/c1-9-4-12(8-17-14(9)15)10-2-3-11-6-16-7-13(11)5-10/h2,4,8,11,13,16H,3,5-7H2,1H3. The highest BCUT2D eigenvalue weighted by molar-refractivity contribution is 9.10. The van der Waals surface area contributed by atoms with E-state index in [-0.39, 0.29) is 0 Å². The van der Waals surface area contributed by atoms with Crippen LogP contribution in [0, 0.1) is 18.8 Å². The van der Waals surface area contributed by atoms with Gasteiger partial charge in [0, 0.05) is 6.20 Å². The van der Waals surface area contributed by atoms with Crippen LogP contribution in [0.15, 0.2) is 22.9 Å². The summed E-state index contributed by atoms with van der Waals surface area (Å²) in [5.41, 5.74) is 4.00. The van der Waals surface area contributed by atoms with Crippen LogP contribution in [0.3, 0.4) is 0 Å². The van der Waals surface area contributed by atoms with E-state index in [1.54, 1.807) is 0 Å². The fourth-order valence-corrected chi connectivity index (χ4v) is 3.15. The predicted molar refractivity (Wildman–Crippen MR) is 73.7 cm³/mol. The average Bonchev–Trinajstić information content (AvgIpc) is 2.79. The van der Waals surface area contributed by atoms with Crippen molar-refractivity contribution in [2.24, 2.45) is 11.8 Å². The number of pyridine rings is 1. The molecule has 0 aromatic carbocycles. The number of aromatic nitrogens is 1. The van der Waals surface area contributed by atoms with Gasteiger partial charge in [0.2, 0.25) is 0 Å². The third-order valence-electron chi connectivity index (χ3n) is 4.01. The number of halogens is 1. The Morgan fingerprint density at radius 3 is 3.00 bits per heavy atom. The molecule has 1 fully saturated rings. The Morgan fingerprint density at radius 2 is 2.18 bits per heavy atom. The summed E-state index contributed by atoms with van der Waals surface area (Å²) in [7, 11) is 0. The van der Waals surface area contributed by atoms with Gasteiger partial charge in [-0.05, 0) is 83.4 Å². The van der Waals surface area contributed by atoms with Crippen LogP contribution in [0.5, 0.6) is 0 Å². The van der Waals surface area contributed by atoms with Crippen LogP contribution in [0.25, 0.3) is 5.57 Å². The quantitative estimate of drug-likeness (QED) is 0.805. The molecule has 0 saturated carbocycles. The van der Waals surface area contributed by atoms with Crippen molar-refractivity contribution in [1.82, 2.24) is 10.3 Å². The molecule has 0 amide bonds. The zero-order valence-corrected chi connectivity index (χ0v) is 11.6. The number of hydrogen-bond donors (Lipinski definition) is 1. The summed E-state index contributed by atoms with van der Waals surface area (Å²) in [6, 6.07) is 2.24. The lowest BCUT2D eigenvalue weighted by atomic mass is 9.80. The SMILES string of the molecule is Cc1cc(C2=CCC3CNCC3C2)cnc1Br. The summed E-state index contributed by atoms with van der Waals surface area (Å²) >= 11 is 3.46. The van der Waals surface area contributed by atoms with Crippen LogP contribution < -0.4 is 5.32 Å². The molecular formula is C14H17BrN2. The lowest BCUT2D eigenvalue weighted by Gasteiger charge is -2.24. The maximum absolute atomic E-state index is 4.40. The Balaban J connectivity index is 1.86. The maximum Gasteiger partial charge on any atom is 0.109 e. The Kier molecular flexibility index (Phi) is 3.05. The predicted octanol–water partition coefficient (Wildman–Crippen LogP) is 3.17. The number of fused-ring (bicyclic) bond motifs is 1. The highest BCUT2D eigenvalue weighted by atomic mass is 79.9. The van der Waals surface area contributed by atoms with Gasteiger partial charge >= 0.3 is 0 Å². The van der Waals surface area contributed by atoms with Crippen molar-refractivity contribution >= 4 is 21.5 Å². The minimum absolute atomic E-state index is 0.832. The molecule has 2 aliphatic rings. The van der Waals surface area contributed by atoms with Gasteiger partial charge in [-0.25, -0.2) is 4.98 Å². The number of nitrogens with one attached hydrogen (secondary N) is 1. The molecule has 3 heteroatoms. The van der Waals surface area contributed by atoms with Crippen LogP contribution in [0.1, 0.15) is 24.0 Å². The topological polar surface area (TPSA) is 24.9 Å². The van der Waals surface area contributed by atoms with Crippen LogP contribution in [0.4, 0.5) is 0 Å². The molecular weight excluding hydrogens is 276 g/mol. The second-order valence-electron chi connectivity index (χ2n) is 5.18. The van der Waals surface area contributed by atoms with E-state index in [1.165, 1.54) is 42.6 Å². The maximum atomic E-state index is 4.40. The summed E-state index contributed by atoms with van der Waals surface area (Å²) in [5, 5.41) is 3.50. The van der Waals surface area contributed by atoms with Crippen LogP contribution in [0.2, 0.25) is 0 Å². The molecule has 0 spiro atoms. The van der Waals surface area contributed by atoms with Gasteiger partial charge in [-0.1, -0.05) is 6.08 Å². The Bertz CT molecular complexity index is 467. The molecule has 1 aromatic heterocycles. The van der Waals surface area contributed by atoms with Crippen molar-refractivity contribution in [2.75, 3.05) is 13.1 Å². The zero-order valence-electron chi connectivity index (χ0n) is 10.0. The van der Waals surface area contributed by atoms with Crippen molar-refractivity contribution in [2.45, 2.75) is 19.8 Å². The third kappa shape index (κ3) is 2.18. The van der Waals surface area contributed by atoms with Crippen LogP contribution in [-0.4, -0.2) is 18.1 Å². The normalized spacial score (nSPS) is 27.8. The highest BCUT2D eigenvalue weighted by Gasteiger charge is 2.30. The molecule has 1 aliphatic heterocycles. The van der Waals surface area contributed by atoms with Gasteiger partial charge < -0.3 is 5.32 Å². The summed E-state index contributed by atoms with van der Waals surface area (Å²) in [6.07, 6.45) is 6.84. The third-order valence-corrected chi connectivity index (χ3v) is 4.84. The Hall–Kier alpha value is -0.670. The van der Waals surface area contributed by atoms with Gasteiger partial charge in [0.1, 0.15) is 4.60 Å². The van der Waals surface area contributed by atoms with Crippen molar-refractivity contribution in [3.8, 4) is 0 Å². The molecule has 17 heavy (non-hydrogen) atoms. The van der Waals surface area contributed by atoms with E-state index in [2.05, 4.69) is 45.3 Å². The summed E-state index contributed by atoms with van der Waals surface area (Å²) in [6.45, 7) is 4.49. The van der Waals surface area contributed by atoms with E-state index >= 15 is 0 Å². The number of nitrogens with zero attached hydrogens (tertiary/aromatic N) is 1.